The van der Waals surface area contributed by atoms with E-state index in [9.17, 15) is 19.5 Å². The Kier molecular flexibility index (Phi) is 6.78. The second kappa shape index (κ2) is 6.06. The summed E-state index contributed by atoms with van der Waals surface area (Å²) in [5, 5.41) is 34.5. The molecular formula is C7H11NaO7. The van der Waals surface area contributed by atoms with E-state index in [1.165, 1.54) is 0 Å². The molecule has 15 heavy (non-hydrogen) atoms. The molecule has 2 atom stereocenters. The molecule has 82 valence electrons. The summed E-state index contributed by atoms with van der Waals surface area (Å²) in [6.45, 7) is 0.747. The van der Waals surface area contributed by atoms with Crippen LogP contribution >= 0.6 is 0 Å². The smallest absolute Gasteiger partial charge is 1.00 e. The molecule has 7 nitrogen and oxygen atoms in total. The van der Waals surface area contributed by atoms with Crippen molar-refractivity contribution in [2.45, 2.75) is 18.9 Å². The Hall–Kier alpha value is -0.630. The molecule has 0 saturated heterocycles. The third-order valence-electron chi connectivity index (χ3n) is 1.79. The molecule has 0 aromatic rings. The van der Waals surface area contributed by atoms with Crippen molar-refractivity contribution in [3.63, 3.8) is 0 Å². The van der Waals surface area contributed by atoms with Gasteiger partial charge in [0, 0.05) is 0 Å². The molecule has 0 fully saturated rings. The van der Waals surface area contributed by atoms with Gasteiger partial charge in [-0.1, -0.05) is 0 Å². The summed E-state index contributed by atoms with van der Waals surface area (Å²) < 4.78 is 0. The van der Waals surface area contributed by atoms with Gasteiger partial charge < -0.3 is 21.9 Å². The third kappa shape index (κ3) is 4.61. The van der Waals surface area contributed by atoms with Crippen LogP contribution in [0, 0.1) is 5.92 Å². The quantitative estimate of drug-likeness (QED) is 0.355. The fourth-order valence-electron chi connectivity index (χ4n) is 0.850. The van der Waals surface area contributed by atoms with Crippen molar-refractivity contribution in [1.82, 2.24) is 0 Å². The number of carboxylic acid groups (broad SMARTS) is 3. The van der Waals surface area contributed by atoms with Gasteiger partial charge in [0.2, 0.25) is 0 Å². The maximum Gasteiger partial charge on any atom is 1.00 e. The van der Waals surface area contributed by atoms with Gasteiger partial charge in [-0.3, -0.25) is 9.59 Å². The van der Waals surface area contributed by atoms with Crippen LogP contribution in [0.1, 0.15) is 14.8 Å². The van der Waals surface area contributed by atoms with Gasteiger partial charge in [-0.2, -0.15) is 0 Å². The molecule has 0 amide bonds. The van der Waals surface area contributed by atoms with E-state index in [0.29, 0.717) is 0 Å². The fraction of sp³-hybridized carbons (Fsp3) is 0.571. The maximum atomic E-state index is 10.5. The Morgan fingerprint density at radius 3 is 1.87 bits per heavy atom. The third-order valence-corrected chi connectivity index (χ3v) is 1.79. The van der Waals surface area contributed by atoms with Crippen molar-refractivity contribution in [2.24, 2.45) is 5.92 Å². The van der Waals surface area contributed by atoms with Crippen LogP contribution in [0.4, 0.5) is 0 Å². The van der Waals surface area contributed by atoms with Crippen molar-refractivity contribution in [2.75, 3.05) is 0 Å². The van der Waals surface area contributed by atoms with Crippen LogP contribution in [0.5, 0.6) is 0 Å². The molecule has 0 bridgehead atoms. The summed E-state index contributed by atoms with van der Waals surface area (Å²) in [5.41, 5.74) is -2.59. The first-order valence-electron chi connectivity index (χ1n) is 3.60. The second-order valence-corrected chi connectivity index (χ2v) is 2.94. The molecule has 0 aromatic carbocycles. The number of hydrogen-bond donors (Lipinski definition) is 4. The second-order valence-electron chi connectivity index (χ2n) is 2.94. The van der Waals surface area contributed by atoms with E-state index in [1.54, 1.807) is 0 Å². The van der Waals surface area contributed by atoms with Gasteiger partial charge in [0.05, 0.1) is 6.42 Å². The first-order valence-corrected chi connectivity index (χ1v) is 3.60. The normalized spacial score (nSPS) is 15.6. The first kappa shape index (κ1) is 16.8. The Labute approximate surface area is 108 Å². The van der Waals surface area contributed by atoms with Crippen molar-refractivity contribution in [3.8, 4) is 0 Å². The summed E-state index contributed by atoms with van der Waals surface area (Å²) in [6, 6.07) is 0. The van der Waals surface area contributed by atoms with E-state index >= 15 is 0 Å². The van der Waals surface area contributed by atoms with Gasteiger partial charge in [0.15, 0.2) is 5.60 Å². The summed E-state index contributed by atoms with van der Waals surface area (Å²) in [5.74, 6) is -6.80. The number of rotatable bonds is 5. The fourth-order valence-corrected chi connectivity index (χ4v) is 0.850. The van der Waals surface area contributed by atoms with E-state index in [0.717, 1.165) is 6.92 Å². The Morgan fingerprint density at radius 2 is 1.67 bits per heavy atom. The minimum atomic E-state index is -2.59. The van der Waals surface area contributed by atoms with E-state index < -0.39 is 35.8 Å². The average Bonchev–Trinajstić information content (AvgIpc) is 1.98. The standard InChI is InChI=1S/C7H10O7.Na.H/c1-7(14,6(12)13)3(5(10)11)2-4(8)9;;/h3,14H,2H2,1H3,(H,8,9)(H,10,11)(H,12,13);;/q;+1;-1. The molecule has 4 N–H and O–H groups in total. The van der Waals surface area contributed by atoms with Crippen molar-refractivity contribution in [3.05, 3.63) is 0 Å². The zero-order chi connectivity index (χ0) is 11.5. The molecule has 0 saturated carbocycles. The number of carboxylic acids is 3. The molecule has 0 spiro atoms. The van der Waals surface area contributed by atoms with Crippen molar-refractivity contribution in [1.29, 1.82) is 0 Å². The van der Waals surface area contributed by atoms with Gasteiger partial charge in [0.25, 0.3) is 0 Å². The van der Waals surface area contributed by atoms with Gasteiger partial charge in [-0.15, -0.1) is 0 Å². The van der Waals surface area contributed by atoms with Crippen LogP contribution in [0.2, 0.25) is 0 Å². The van der Waals surface area contributed by atoms with Crippen molar-refractivity contribution >= 4 is 17.9 Å². The molecule has 0 radical (unpaired) electrons. The van der Waals surface area contributed by atoms with E-state index in [-0.39, 0.29) is 31.0 Å². The Balaban J connectivity index is -0.000000845. The summed E-state index contributed by atoms with van der Waals surface area (Å²) in [4.78, 5) is 31.2. The topological polar surface area (TPSA) is 132 Å². The predicted octanol–water partition coefficient (Wildman–Crippen LogP) is -3.89. The molecule has 8 heteroatoms. The Bertz CT molecular complexity index is 278. The van der Waals surface area contributed by atoms with Crippen LogP contribution in [0.15, 0.2) is 0 Å². The van der Waals surface area contributed by atoms with Crippen LogP contribution in [-0.2, 0) is 14.4 Å². The minimum Gasteiger partial charge on any atom is -1.00 e. The monoisotopic (exact) mass is 230 g/mol. The van der Waals surface area contributed by atoms with E-state index in [1.807, 2.05) is 0 Å². The van der Waals surface area contributed by atoms with Crippen LogP contribution in [-0.4, -0.2) is 43.9 Å². The molecule has 0 aliphatic rings. The number of carbonyl (C=O) groups is 3. The van der Waals surface area contributed by atoms with Gasteiger partial charge >= 0.3 is 47.5 Å². The molecule has 0 heterocycles. The van der Waals surface area contributed by atoms with Gasteiger partial charge in [-0.05, 0) is 6.92 Å². The SMILES string of the molecule is CC(O)(C(=O)O)C(CC(=O)O)C(=O)O.[H-].[Na+]. The minimum absolute atomic E-state index is 0. The predicted molar refractivity (Wildman–Crippen MR) is 42.8 cm³/mol. The van der Waals surface area contributed by atoms with Gasteiger partial charge in [0.1, 0.15) is 5.92 Å². The van der Waals surface area contributed by atoms with Crippen LogP contribution < -0.4 is 29.6 Å². The Morgan fingerprint density at radius 1 is 1.27 bits per heavy atom. The van der Waals surface area contributed by atoms with Gasteiger partial charge in [-0.25, -0.2) is 4.79 Å². The average molecular weight is 230 g/mol. The first-order chi connectivity index (χ1) is 6.19. The molecule has 0 aliphatic heterocycles. The zero-order valence-corrected chi connectivity index (χ0v) is 10.3. The van der Waals surface area contributed by atoms with Crippen molar-refractivity contribution < 1.29 is 65.8 Å². The molecular weight excluding hydrogens is 219 g/mol. The summed E-state index contributed by atoms with van der Waals surface area (Å²) in [6.07, 6.45) is -0.950. The zero-order valence-electron chi connectivity index (χ0n) is 9.30. The number of hydrogen-bond acceptors (Lipinski definition) is 4. The van der Waals surface area contributed by atoms with Crippen LogP contribution in [0.3, 0.4) is 0 Å². The van der Waals surface area contributed by atoms with Crippen LogP contribution in [0.25, 0.3) is 0 Å². The molecule has 0 rings (SSSR count). The summed E-state index contributed by atoms with van der Waals surface area (Å²) >= 11 is 0. The largest absolute Gasteiger partial charge is 1.00 e. The van der Waals surface area contributed by atoms with E-state index in [4.69, 9.17) is 15.3 Å². The maximum absolute atomic E-state index is 10.5. The number of aliphatic hydroxyl groups is 1. The molecule has 0 aliphatic carbocycles. The number of aliphatic carboxylic acids is 3. The molecule has 0 aromatic heterocycles. The van der Waals surface area contributed by atoms with E-state index in [2.05, 4.69) is 0 Å². The summed E-state index contributed by atoms with van der Waals surface area (Å²) in [7, 11) is 0. The molecule has 2 unspecified atom stereocenters.